The summed E-state index contributed by atoms with van der Waals surface area (Å²) in [5.41, 5.74) is 0.0922. The monoisotopic (exact) mass is 467 g/mol. The quantitative estimate of drug-likeness (QED) is 0.694. The van der Waals surface area contributed by atoms with Crippen molar-refractivity contribution in [3.63, 3.8) is 0 Å². The van der Waals surface area contributed by atoms with Crippen LogP contribution in [0.3, 0.4) is 0 Å². The van der Waals surface area contributed by atoms with Crippen LogP contribution in [-0.2, 0) is 9.59 Å². The first kappa shape index (κ1) is 16.0. The molecule has 1 amide bonds. The fourth-order valence-corrected chi connectivity index (χ4v) is 4.91. The maximum atomic E-state index is 12.3. The molecule has 2 rings (SSSR count). The highest BCUT2D eigenvalue weighted by Gasteiger charge is 2.65. The lowest BCUT2D eigenvalue weighted by Gasteiger charge is -2.11. The normalized spacial score (nSPS) is 23.2. The Morgan fingerprint density at radius 1 is 1.15 bits per heavy atom. The molecule has 4 nitrogen and oxygen atoms in total. The number of amides is 1. The van der Waals surface area contributed by atoms with Crippen LogP contribution in [0.25, 0.3) is 0 Å². The fraction of sp³-hybridized carbons (Fsp3) is 0.385. The molecular formula is C13H12Br3NO3. The zero-order chi connectivity index (χ0) is 15.2. The Hall–Kier alpha value is -0.400. The van der Waals surface area contributed by atoms with Gasteiger partial charge in [0.2, 0.25) is 5.91 Å². The number of halogens is 3. The van der Waals surface area contributed by atoms with E-state index in [1.165, 1.54) is 0 Å². The highest BCUT2D eigenvalue weighted by Crippen LogP contribution is 2.58. The molecule has 0 radical (unpaired) electrons. The zero-order valence-corrected chi connectivity index (χ0v) is 15.5. The summed E-state index contributed by atoms with van der Waals surface area (Å²) in [6.45, 7) is 3.59. The molecule has 1 aromatic rings. The van der Waals surface area contributed by atoms with E-state index in [1.54, 1.807) is 13.8 Å². The van der Waals surface area contributed by atoms with Crippen molar-refractivity contribution in [1.82, 2.24) is 0 Å². The van der Waals surface area contributed by atoms with Gasteiger partial charge in [-0.15, -0.1) is 0 Å². The van der Waals surface area contributed by atoms with Crippen molar-refractivity contribution in [2.75, 3.05) is 5.32 Å². The lowest BCUT2D eigenvalue weighted by molar-refractivity contribution is -0.140. The second-order valence-electron chi connectivity index (χ2n) is 5.35. The number of benzene rings is 1. The van der Waals surface area contributed by atoms with E-state index >= 15 is 0 Å². The minimum Gasteiger partial charge on any atom is -0.481 e. The zero-order valence-electron chi connectivity index (χ0n) is 10.7. The van der Waals surface area contributed by atoms with E-state index in [2.05, 4.69) is 53.1 Å². The summed E-state index contributed by atoms with van der Waals surface area (Å²) in [6.07, 6.45) is 0. The van der Waals surface area contributed by atoms with E-state index in [1.807, 2.05) is 12.1 Å². The number of nitrogens with one attached hydrogen (secondary N) is 1. The number of rotatable bonds is 3. The van der Waals surface area contributed by atoms with Gasteiger partial charge in [-0.25, -0.2) is 0 Å². The highest BCUT2D eigenvalue weighted by molar-refractivity contribution is 9.11. The molecule has 7 heteroatoms. The standard InChI is InChI=1S/C13H12Br3NO3/c1-13(2)8(9(13)12(19)20)11(18)17-10-6(15)3-5(14)4-7(10)16/h3-4,8-9H,1-2H3,(H,17,18)(H,19,20). The molecule has 20 heavy (non-hydrogen) atoms. The Bertz CT molecular complexity index is 578. The van der Waals surface area contributed by atoms with Gasteiger partial charge >= 0.3 is 5.97 Å². The van der Waals surface area contributed by atoms with Gasteiger partial charge < -0.3 is 10.4 Å². The van der Waals surface area contributed by atoms with E-state index in [0.29, 0.717) is 5.69 Å². The van der Waals surface area contributed by atoms with E-state index < -0.39 is 23.2 Å². The Labute approximate surface area is 141 Å². The molecule has 2 unspecified atom stereocenters. The van der Waals surface area contributed by atoms with Crippen LogP contribution in [-0.4, -0.2) is 17.0 Å². The predicted molar refractivity (Wildman–Crippen MR) is 86.6 cm³/mol. The van der Waals surface area contributed by atoms with Crippen LogP contribution >= 0.6 is 47.8 Å². The number of carboxylic acids is 1. The van der Waals surface area contributed by atoms with E-state index in [0.717, 1.165) is 13.4 Å². The third kappa shape index (κ3) is 2.80. The van der Waals surface area contributed by atoms with Crippen molar-refractivity contribution >= 4 is 65.4 Å². The molecule has 1 aliphatic rings. The first-order valence-corrected chi connectivity index (χ1v) is 8.22. The molecule has 0 aromatic heterocycles. The molecule has 0 saturated heterocycles. The summed E-state index contributed by atoms with van der Waals surface area (Å²) in [7, 11) is 0. The Morgan fingerprint density at radius 3 is 2.05 bits per heavy atom. The average Bonchev–Trinajstić information content (AvgIpc) is 2.86. The Morgan fingerprint density at radius 2 is 1.65 bits per heavy atom. The molecule has 1 aliphatic carbocycles. The van der Waals surface area contributed by atoms with Crippen LogP contribution in [0.15, 0.2) is 25.6 Å². The minimum absolute atomic E-state index is 0.272. The fourth-order valence-electron chi connectivity index (χ4n) is 2.45. The summed E-state index contributed by atoms with van der Waals surface area (Å²) in [4.78, 5) is 23.4. The van der Waals surface area contributed by atoms with Gasteiger partial charge in [-0.1, -0.05) is 29.8 Å². The molecule has 2 atom stereocenters. The van der Waals surface area contributed by atoms with Gasteiger partial charge in [-0.2, -0.15) is 0 Å². The summed E-state index contributed by atoms with van der Waals surface area (Å²) in [5.74, 6) is -2.34. The smallest absolute Gasteiger partial charge is 0.307 e. The highest BCUT2D eigenvalue weighted by atomic mass is 79.9. The molecule has 1 saturated carbocycles. The van der Waals surface area contributed by atoms with Crippen molar-refractivity contribution in [3.05, 3.63) is 25.6 Å². The van der Waals surface area contributed by atoms with Gasteiger partial charge in [0, 0.05) is 13.4 Å². The number of hydrogen-bond acceptors (Lipinski definition) is 2. The first-order chi connectivity index (χ1) is 9.16. The maximum Gasteiger partial charge on any atom is 0.307 e. The molecule has 0 bridgehead atoms. The van der Waals surface area contributed by atoms with Crippen LogP contribution in [0, 0.1) is 17.3 Å². The molecule has 108 valence electrons. The average molecular weight is 470 g/mol. The summed E-state index contributed by atoms with van der Waals surface area (Å²) < 4.78 is 2.30. The third-order valence-electron chi connectivity index (χ3n) is 3.63. The number of carbonyl (C=O) groups excluding carboxylic acids is 1. The number of aliphatic carboxylic acids is 1. The maximum absolute atomic E-state index is 12.3. The van der Waals surface area contributed by atoms with Gasteiger partial charge in [0.15, 0.2) is 0 Å². The third-order valence-corrected chi connectivity index (χ3v) is 5.34. The van der Waals surface area contributed by atoms with Crippen LogP contribution < -0.4 is 5.32 Å². The molecule has 2 N–H and O–H groups in total. The van der Waals surface area contributed by atoms with Crippen LogP contribution in [0.4, 0.5) is 5.69 Å². The summed E-state index contributed by atoms with van der Waals surface area (Å²) in [5, 5.41) is 11.9. The number of carboxylic acid groups (broad SMARTS) is 1. The largest absolute Gasteiger partial charge is 0.481 e. The Kier molecular flexibility index (Phi) is 4.33. The number of carbonyl (C=O) groups is 2. The number of anilines is 1. The SMILES string of the molecule is CC1(C)C(C(=O)O)C1C(=O)Nc1c(Br)cc(Br)cc1Br. The summed E-state index contributed by atoms with van der Waals surface area (Å²) in [6, 6.07) is 3.63. The van der Waals surface area contributed by atoms with Gasteiger partial charge in [0.25, 0.3) is 0 Å². The molecular weight excluding hydrogens is 458 g/mol. The lowest BCUT2D eigenvalue weighted by atomic mass is 10.1. The van der Waals surface area contributed by atoms with Gasteiger partial charge in [-0.3, -0.25) is 9.59 Å². The molecule has 0 heterocycles. The van der Waals surface area contributed by atoms with Gasteiger partial charge in [0.1, 0.15) is 0 Å². The van der Waals surface area contributed by atoms with E-state index in [-0.39, 0.29) is 5.91 Å². The van der Waals surface area contributed by atoms with Crippen molar-refractivity contribution < 1.29 is 14.7 Å². The number of hydrogen-bond donors (Lipinski definition) is 2. The van der Waals surface area contributed by atoms with Crippen LogP contribution in [0.2, 0.25) is 0 Å². The van der Waals surface area contributed by atoms with Crippen molar-refractivity contribution in [2.45, 2.75) is 13.8 Å². The first-order valence-electron chi connectivity index (χ1n) is 5.84. The molecule has 0 aliphatic heterocycles. The summed E-state index contributed by atoms with van der Waals surface area (Å²) >= 11 is 10.1. The molecule has 1 aromatic carbocycles. The Balaban J connectivity index is 2.20. The van der Waals surface area contributed by atoms with Crippen LogP contribution in [0.5, 0.6) is 0 Å². The van der Waals surface area contributed by atoms with E-state index in [9.17, 15) is 9.59 Å². The van der Waals surface area contributed by atoms with Gasteiger partial charge in [0.05, 0.1) is 17.5 Å². The van der Waals surface area contributed by atoms with Gasteiger partial charge in [-0.05, 0) is 49.4 Å². The minimum atomic E-state index is -0.927. The lowest BCUT2D eigenvalue weighted by Crippen LogP contribution is -2.18. The molecule has 0 spiro atoms. The van der Waals surface area contributed by atoms with Crippen molar-refractivity contribution in [1.29, 1.82) is 0 Å². The van der Waals surface area contributed by atoms with Crippen molar-refractivity contribution in [2.24, 2.45) is 17.3 Å². The topological polar surface area (TPSA) is 66.4 Å². The predicted octanol–water partition coefficient (Wildman–Crippen LogP) is 4.27. The van der Waals surface area contributed by atoms with Crippen molar-refractivity contribution in [3.8, 4) is 0 Å². The second kappa shape index (κ2) is 5.42. The second-order valence-corrected chi connectivity index (χ2v) is 7.97. The molecule has 1 fully saturated rings. The van der Waals surface area contributed by atoms with E-state index in [4.69, 9.17) is 5.11 Å². The van der Waals surface area contributed by atoms with Crippen LogP contribution in [0.1, 0.15) is 13.8 Å².